The fraction of sp³-hybridized carbons (Fsp3) is 0.611. The molecule has 2 heterocycles. The van der Waals surface area contributed by atoms with Crippen LogP contribution in [-0.2, 0) is 16.0 Å². The molecule has 0 bridgehead atoms. The summed E-state index contributed by atoms with van der Waals surface area (Å²) in [6.45, 7) is 2.31. The summed E-state index contributed by atoms with van der Waals surface area (Å²) in [5.41, 5.74) is -0.391. The van der Waals surface area contributed by atoms with Gasteiger partial charge in [0.2, 0.25) is 5.91 Å². The zero-order valence-corrected chi connectivity index (χ0v) is 13.3. The van der Waals surface area contributed by atoms with E-state index in [1.807, 2.05) is 4.90 Å². The number of halogens is 1. The summed E-state index contributed by atoms with van der Waals surface area (Å²) in [7, 11) is 0. The maximum atomic E-state index is 13.8. The van der Waals surface area contributed by atoms with Crippen LogP contribution in [0, 0.1) is 11.7 Å². The molecule has 1 atom stereocenters. The predicted octanol–water partition coefficient (Wildman–Crippen LogP) is 2.15. The summed E-state index contributed by atoms with van der Waals surface area (Å²) in [5.74, 6) is -0.182. The molecule has 2 fully saturated rings. The van der Waals surface area contributed by atoms with Crippen LogP contribution in [-0.4, -0.2) is 47.8 Å². The number of amides is 1. The topological polar surface area (TPSA) is 49.8 Å². The summed E-state index contributed by atoms with van der Waals surface area (Å²) < 4.78 is 19.2. The first-order chi connectivity index (χ1) is 11.1. The third-order valence-corrected chi connectivity index (χ3v) is 4.99. The highest BCUT2D eigenvalue weighted by Gasteiger charge is 2.36. The van der Waals surface area contributed by atoms with E-state index >= 15 is 0 Å². The Kier molecular flexibility index (Phi) is 4.97. The average molecular weight is 321 g/mol. The Balaban J connectivity index is 1.56. The van der Waals surface area contributed by atoms with Gasteiger partial charge in [0, 0.05) is 26.1 Å². The van der Waals surface area contributed by atoms with Crippen LogP contribution in [0.3, 0.4) is 0 Å². The van der Waals surface area contributed by atoms with E-state index in [0.717, 1.165) is 19.4 Å². The van der Waals surface area contributed by atoms with Gasteiger partial charge in [0.05, 0.1) is 18.1 Å². The van der Waals surface area contributed by atoms with Gasteiger partial charge in [-0.2, -0.15) is 0 Å². The molecular formula is C18H24FNO3. The normalized spacial score (nSPS) is 24.4. The molecule has 2 aliphatic heterocycles. The van der Waals surface area contributed by atoms with Gasteiger partial charge in [-0.05, 0) is 37.3 Å². The van der Waals surface area contributed by atoms with Crippen molar-refractivity contribution in [2.75, 3.05) is 26.3 Å². The first-order valence-electron chi connectivity index (χ1n) is 8.40. The molecule has 1 N–H and O–H groups in total. The molecule has 1 unspecified atom stereocenters. The third-order valence-electron chi connectivity index (χ3n) is 4.99. The van der Waals surface area contributed by atoms with Gasteiger partial charge in [0.15, 0.2) is 0 Å². The summed E-state index contributed by atoms with van der Waals surface area (Å²) in [5, 5.41) is 10.7. The largest absolute Gasteiger partial charge is 0.389 e. The van der Waals surface area contributed by atoms with E-state index in [-0.39, 0.29) is 17.6 Å². The number of rotatable bonds is 3. The van der Waals surface area contributed by atoms with Crippen LogP contribution >= 0.6 is 0 Å². The second kappa shape index (κ2) is 6.97. The van der Waals surface area contributed by atoms with E-state index in [1.165, 1.54) is 6.07 Å². The highest BCUT2D eigenvalue weighted by molar-refractivity contribution is 5.79. The molecule has 4 nitrogen and oxygen atoms in total. The van der Waals surface area contributed by atoms with Gasteiger partial charge >= 0.3 is 0 Å². The molecule has 0 aliphatic carbocycles. The Bertz CT molecular complexity index is 549. The molecule has 1 aromatic rings. The first kappa shape index (κ1) is 16.4. The van der Waals surface area contributed by atoms with E-state index in [1.54, 1.807) is 18.2 Å². The van der Waals surface area contributed by atoms with Crippen LogP contribution in [0.1, 0.15) is 31.2 Å². The Morgan fingerprint density at radius 1 is 1.35 bits per heavy atom. The number of carbonyl (C=O) groups is 1. The van der Waals surface area contributed by atoms with Crippen molar-refractivity contribution in [1.82, 2.24) is 4.90 Å². The van der Waals surface area contributed by atoms with E-state index in [9.17, 15) is 14.3 Å². The minimum absolute atomic E-state index is 0.0403. The van der Waals surface area contributed by atoms with E-state index in [2.05, 4.69) is 0 Å². The minimum atomic E-state index is -0.929. The first-order valence-corrected chi connectivity index (χ1v) is 8.40. The molecule has 1 aromatic carbocycles. The fourth-order valence-corrected chi connectivity index (χ4v) is 3.51. The van der Waals surface area contributed by atoms with Crippen molar-refractivity contribution in [3.05, 3.63) is 35.6 Å². The summed E-state index contributed by atoms with van der Waals surface area (Å²) in [6.07, 6.45) is 3.09. The lowest BCUT2D eigenvalue weighted by atomic mass is 9.84. The van der Waals surface area contributed by atoms with Crippen molar-refractivity contribution in [1.29, 1.82) is 0 Å². The van der Waals surface area contributed by atoms with Crippen LogP contribution in [0.25, 0.3) is 0 Å². The van der Waals surface area contributed by atoms with Gasteiger partial charge < -0.3 is 14.7 Å². The molecule has 1 amide bonds. The van der Waals surface area contributed by atoms with Gasteiger partial charge in [-0.15, -0.1) is 0 Å². The van der Waals surface area contributed by atoms with Gasteiger partial charge in [0.1, 0.15) is 5.82 Å². The SMILES string of the molecule is O=C(C1CCCOC1)N1CCC(O)(Cc2ccccc2F)CC1. The standard InChI is InChI=1S/C18H24FNO3/c19-16-6-2-1-4-14(16)12-18(22)7-9-20(10-8-18)17(21)15-5-3-11-23-13-15/h1-2,4,6,15,22H,3,5,7-13H2. The highest BCUT2D eigenvalue weighted by Crippen LogP contribution is 2.29. The number of benzene rings is 1. The Hall–Kier alpha value is -1.46. The molecule has 3 rings (SSSR count). The van der Waals surface area contributed by atoms with Crippen molar-refractivity contribution < 1.29 is 19.0 Å². The monoisotopic (exact) mass is 321 g/mol. The van der Waals surface area contributed by atoms with Crippen molar-refractivity contribution in [2.24, 2.45) is 5.92 Å². The zero-order chi connectivity index (χ0) is 16.3. The number of nitrogens with zero attached hydrogens (tertiary/aromatic N) is 1. The number of hydrogen-bond donors (Lipinski definition) is 1. The summed E-state index contributed by atoms with van der Waals surface area (Å²) in [6, 6.07) is 6.56. The number of ether oxygens (including phenoxy) is 1. The third kappa shape index (κ3) is 3.90. The number of piperidine rings is 1. The predicted molar refractivity (Wildman–Crippen MR) is 84.4 cm³/mol. The molecular weight excluding hydrogens is 297 g/mol. The van der Waals surface area contributed by atoms with Gasteiger partial charge in [-0.25, -0.2) is 4.39 Å². The van der Waals surface area contributed by atoms with Gasteiger partial charge in [0.25, 0.3) is 0 Å². The molecule has 126 valence electrons. The lowest BCUT2D eigenvalue weighted by molar-refractivity contribution is -0.143. The summed E-state index contributed by atoms with van der Waals surface area (Å²) >= 11 is 0. The van der Waals surface area contributed by atoms with E-state index in [0.29, 0.717) is 44.5 Å². The lowest BCUT2D eigenvalue weighted by Gasteiger charge is -2.40. The van der Waals surface area contributed by atoms with Gasteiger partial charge in [-0.1, -0.05) is 18.2 Å². The maximum Gasteiger partial charge on any atom is 0.228 e. The molecule has 2 saturated heterocycles. The number of carbonyl (C=O) groups excluding carboxylic acids is 1. The van der Waals surface area contributed by atoms with Crippen molar-refractivity contribution >= 4 is 5.91 Å². The average Bonchev–Trinajstić information content (AvgIpc) is 2.58. The lowest BCUT2D eigenvalue weighted by Crippen LogP contribution is -2.50. The zero-order valence-electron chi connectivity index (χ0n) is 13.3. The number of hydrogen-bond acceptors (Lipinski definition) is 3. The molecule has 0 radical (unpaired) electrons. The molecule has 0 aromatic heterocycles. The van der Waals surface area contributed by atoms with E-state index < -0.39 is 5.60 Å². The van der Waals surface area contributed by atoms with Gasteiger partial charge in [-0.3, -0.25) is 4.79 Å². The smallest absolute Gasteiger partial charge is 0.228 e. The molecule has 23 heavy (non-hydrogen) atoms. The highest BCUT2D eigenvalue weighted by atomic mass is 19.1. The number of aliphatic hydroxyl groups is 1. The molecule has 2 aliphatic rings. The van der Waals surface area contributed by atoms with Crippen LogP contribution in [0.2, 0.25) is 0 Å². The Labute approximate surface area is 136 Å². The number of likely N-dealkylation sites (tertiary alicyclic amines) is 1. The second-order valence-corrected chi connectivity index (χ2v) is 6.73. The minimum Gasteiger partial charge on any atom is -0.389 e. The van der Waals surface area contributed by atoms with Crippen LogP contribution in [0.4, 0.5) is 4.39 Å². The maximum absolute atomic E-state index is 13.8. The second-order valence-electron chi connectivity index (χ2n) is 6.73. The van der Waals surface area contributed by atoms with Crippen LogP contribution in [0.5, 0.6) is 0 Å². The Morgan fingerprint density at radius 3 is 2.74 bits per heavy atom. The Morgan fingerprint density at radius 2 is 2.09 bits per heavy atom. The quantitative estimate of drug-likeness (QED) is 0.928. The van der Waals surface area contributed by atoms with Crippen molar-refractivity contribution in [3.63, 3.8) is 0 Å². The van der Waals surface area contributed by atoms with Crippen LogP contribution < -0.4 is 0 Å². The fourth-order valence-electron chi connectivity index (χ4n) is 3.51. The van der Waals surface area contributed by atoms with Crippen molar-refractivity contribution in [2.45, 2.75) is 37.7 Å². The molecule has 5 heteroatoms. The molecule has 0 saturated carbocycles. The molecule has 0 spiro atoms. The van der Waals surface area contributed by atoms with E-state index in [4.69, 9.17) is 4.74 Å². The summed E-state index contributed by atoms with van der Waals surface area (Å²) in [4.78, 5) is 14.3. The van der Waals surface area contributed by atoms with Crippen molar-refractivity contribution in [3.8, 4) is 0 Å². The van der Waals surface area contributed by atoms with Crippen LogP contribution in [0.15, 0.2) is 24.3 Å².